The van der Waals surface area contributed by atoms with Crippen LogP contribution in [0, 0.1) is 18.3 Å². The largest absolute Gasteiger partial charge is 0.493 e. The van der Waals surface area contributed by atoms with Crippen LogP contribution in [-0.2, 0) is 13.0 Å². The summed E-state index contributed by atoms with van der Waals surface area (Å²) < 4.78 is 11.6. The van der Waals surface area contributed by atoms with Crippen LogP contribution < -0.4 is 15.0 Å². The van der Waals surface area contributed by atoms with Crippen LogP contribution in [0.5, 0.6) is 17.4 Å². The molecule has 3 rings (SSSR count). The van der Waals surface area contributed by atoms with Crippen molar-refractivity contribution in [3.05, 3.63) is 73.5 Å². The van der Waals surface area contributed by atoms with Gasteiger partial charge in [-0.25, -0.2) is 0 Å². The predicted molar refractivity (Wildman–Crippen MR) is 126 cm³/mol. The van der Waals surface area contributed by atoms with Crippen LogP contribution in [-0.4, -0.2) is 23.9 Å². The van der Waals surface area contributed by atoms with Gasteiger partial charge in [-0.1, -0.05) is 29.3 Å². The number of nitriles is 1. The minimum Gasteiger partial charge on any atom is -0.493 e. The predicted octanol–water partition coefficient (Wildman–Crippen LogP) is 5.72. The second kappa shape index (κ2) is 10.4. The average Bonchev–Trinajstić information content (AvgIpc) is 2.80. The van der Waals surface area contributed by atoms with Gasteiger partial charge in [-0.3, -0.25) is 9.36 Å². The fraction of sp³-hybridized carbons (Fsp3) is 0.217. The van der Waals surface area contributed by atoms with Crippen LogP contribution in [0.15, 0.2) is 51.4 Å². The van der Waals surface area contributed by atoms with E-state index < -0.39 is 11.4 Å². The molecule has 3 aromatic rings. The van der Waals surface area contributed by atoms with Crippen LogP contribution in [0.4, 0.5) is 11.4 Å². The van der Waals surface area contributed by atoms with Crippen LogP contribution >= 0.6 is 23.2 Å². The van der Waals surface area contributed by atoms with Crippen molar-refractivity contribution >= 4 is 34.6 Å². The molecule has 1 aromatic heterocycles. The number of aromatic hydroxyl groups is 1. The Morgan fingerprint density at radius 2 is 1.82 bits per heavy atom. The summed E-state index contributed by atoms with van der Waals surface area (Å²) in [7, 11) is 3.07. The van der Waals surface area contributed by atoms with Crippen molar-refractivity contribution in [3.63, 3.8) is 0 Å². The summed E-state index contributed by atoms with van der Waals surface area (Å²) >= 11 is 12.0. The lowest BCUT2D eigenvalue weighted by Crippen LogP contribution is -2.23. The Balaban J connectivity index is 2.00. The molecule has 1 N–H and O–H groups in total. The zero-order valence-electron chi connectivity index (χ0n) is 18.1. The molecular weight excluding hydrogens is 467 g/mol. The lowest BCUT2D eigenvalue weighted by atomic mass is 10.1. The highest BCUT2D eigenvalue weighted by molar-refractivity contribution is 6.36. The highest BCUT2D eigenvalue weighted by Gasteiger charge is 2.19. The average molecular weight is 487 g/mol. The molecule has 0 fully saturated rings. The number of hydrogen-bond donors (Lipinski definition) is 1. The van der Waals surface area contributed by atoms with Gasteiger partial charge in [0.2, 0.25) is 5.88 Å². The number of hydrogen-bond acceptors (Lipinski definition) is 7. The summed E-state index contributed by atoms with van der Waals surface area (Å²) in [5.41, 5.74) is 0.660. The van der Waals surface area contributed by atoms with Gasteiger partial charge in [0.25, 0.3) is 5.56 Å². The molecule has 0 bridgehead atoms. The molecule has 0 radical (unpaired) electrons. The van der Waals surface area contributed by atoms with Crippen LogP contribution in [0.25, 0.3) is 0 Å². The van der Waals surface area contributed by atoms with E-state index in [2.05, 4.69) is 10.2 Å². The summed E-state index contributed by atoms with van der Waals surface area (Å²) in [5.74, 6) is 0.693. The molecule has 0 unspecified atom stereocenters. The minimum absolute atomic E-state index is 0.0573. The molecule has 0 saturated heterocycles. The lowest BCUT2D eigenvalue weighted by molar-refractivity contribution is 0.354. The number of aromatic nitrogens is 1. The lowest BCUT2D eigenvalue weighted by Gasteiger charge is -2.14. The minimum atomic E-state index is -0.585. The van der Waals surface area contributed by atoms with Crippen LogP contribution in [0.2, 0.25) is 10.0 Å². The molecule has 0 atom stereocenters. The van der Waals surface area contributed by atoms with E-state index in [9.17, 15) is 15.2 Å². The van der Waals surface area contributed by atoms with Gasteiger partial charge in [0.05, 0.1) is 19.2 Å². The number of nitrogens with zero attached hydrogens (tertiary/aromatic N) is 4. The first kappa shape index (κ1) is 24.1. The second-order valence-corrected chi connectivity index (χ2v) is 7.82. The van der Waals surface area contributed by atoms with Crippen molar-refractivity contribution in [2.24, 2.45) is 10.2 Å². The zero-order chi connectivity index (χ0) is 24.1. The molecule has 0 aliphatic carbocycles. The van der Waals surface area contributed by atoms with E-state index >= 15 is 0 Å². The Morgan fingerprint density at radius 1 is 1.09 bits per heavy atom. The van der Waals surface area contributed by atoms with Crippen molar-refractivity contribution < 1.29 is 14.6 Å². The van der Waals surface area contributed by atoms with Gasteiger partial charge in [-0.15, -0.1) is 10.2 Å². The molecule has 1 heterocycles. The quantitative estimate of drug-likeness (QED) is 0.429. The molecule has 8 nitrogen and oxygen atoms in total. The third-order valence-electron chi connectivity index (χ3n) is 5.01. The summed E-state index contributed by atoms with van der Waals surface area (Å²) in [4.78, 5) is 13.1. The smallest absolute Gasteiger partial charge is 0.281 e. The van der Waals surface area contributed by atoms with E-state index in [0.717, 1.165) is 10.1 Å². The maximum atomic E-state index is 13.1. The van der Waals surface area contributed by atoms with Crippen molar-refractivity contribution in [1.29, 1.82) is 5.26 Å². The maximum absolute atomic E-state index is 13.1. The second-order valence-electron chi connectivity index (χ2n) is 6.98. The summed E-state index contributed by atoms with van der Waals surface area (Å²) in [6.07, 6.45) is 0.376. The SMILES string of the molecule is COc1ccc(CCn2c(O)c(C#N)c(C)c(N=Nc3ccc(Cl)cc3Cl)c2=O)cc1OC. The molecule has 0 amide bonds. The number of azo groups is 1. The molecule has 0 aliphatic rings. The van der Waals surface area contributed by atoms with Crippen molar-refractivity contribution in [2.45, 2.75) is 19.9 Å². The molecule has 0 spiro atoms. The van der Waals surface area contributed by atoms with Gasteiger partial charge < -0.3 is 14.6 Å². The summed E-state index contributed by atoms with van der Waals surface area (Å²) in [5, 5.41) is 28.9. The molecular formula is C23H20Cl2N4O4. The fourth-order valence-corrected chi connectivity index (χ4v) is 3.65. The summed E-state index contributed by atoms with van der Waals surface area (Å²) in [6.45, 7) is 1.62. The third kappa shape index (κ3) is 5.11. The Morgan fingerprint density at radius 3 is 2.45 bits per heavy atom. The molecule has 0 aliphatic heterocycles. The van der Waals surface area contributed by atoms with Crippen LogP contribution in [0.1, 0.15) is 16.7 Å². The van der Waals surface area contributed by atoms with E-state index in [4.69, 9.17) is 32.7 Å². The number of aryl methyl sites for hydroxylation is 1. The first-order valence-corrected chi connectivity index (χ1v) is 10.5. The van der Waals surface area contributed by atoms with E-state index in [1.165, 1.54) is 27.2 Å². The molecule has 2 aromatic carbocycles. The maximum Gasteiger partial charge on any atom is 0.281 e. The first-order valence-electron chi connectivity index (χ1n) is 9.74. The topological polar surface area (TPSA) is 109 Å². The van der Waals surface area contributed by atoms with Gasteiger partial charge in [0, 0.05) is 17.1 Å². The molecule has 33 heavy (non-hydrogen) atoms. The van der Waals surface area contributed by atoms with Crippen molar-refractivity contribution in [2.75, 3.05) is 14.2 Å². The van der Waals surface area contributed by atoms with Crippen molar-refractivity contribution in [1.82, 2.24) is 4.57 Å². The van der Waals surface area contributed by atoms with Gasteiger partial charge >= 0.3 is 0 Å². The number of rotatable bonds is 7. The normalized spacial score (nSPS) is 10.9. The van der Waals surface area contributed by atoms with Crippen LogP contribution in [0.3, 0.4) is 0 Å². The standard InChI is InChI=1S/C23H20Cl2N4O4/c1-13-16(12-26)22(30)29(9-8-14-4-7-19(32-2)20(10-14)33-3)23(31)21(13)28-27-18-6-5-15(24)11-17(18)25/h4-7,10-11,30H,8-9H2,1-3H3. The van der Waals surface area contributed by atoms with E-state index in [0.29, 0.717) is 28.6 Å². The van der Waals surface area contributed by atoms with Gasteiger partial charge in [0.1, 0.15) is 17.3 Å². The summed E-state index contributed by atoms with van der Waals surface area (Å²) in [6, 6.07) is 11.9. The number of halogens is 2. The number of benzene rings is 2. The Bertz CT molecular complexity index is 1330. The van der Waals surface area contributed by atoms with Gasteiger partial charge in [-0.2, -0.15) is 5.26 Å². The highest BCUT2D eigenvalue weighted by atomic mass is 35.5. The Hall–Kier alpha value is -3.54. The number of pyridine rings is 1. The fourth-order valence-electron chi connectivity index (χ4n) is 3.21. The highest BCUT2D eigenvalue weighted by Crippen LogP contribution is 2.32. The van der Waals surface area contributed by atoms with Crippen molar-refractivity contribution in [3.8, 4) is 23.4 Å². The van der Waals surface area contributed by atoms with E-state index in [1.807, 2.05) is 12.1 Å². The number of methoxy groups -OCH3 is 2. The molecule has 170 valence electrons. The van der Waals surface area contributed by atoms with E-state index in [1.54, 1.807) is 24.3 Å². The first-order chi connectivity index (χ1) is 15.8. The third-order valence-corrected chi connectivity index (χ3v) is 5.55. The Labute approximate surface area is 200 Å². The van der Waals surface area contributed by atoms with Gasteiger partial charge in [0.15, 0.2) is 17.2 Å². The molecule has 10 heteroatoms. The zero-order valence-corrected chi connectivity index (χ0v) is 19.6. The van der Waals surface area contributed by atoms with E-state index in [-0.39, 0.29) is 28.4 Å². The molecule has 0 saturated carbocycles. The Kier molecular flexibility index (Phi) is 7.59. The monoisotopic (exact) mass is 486 g/mol. The van der Waals surface area contributed by atoms with Gasteiger partial charge in [-0.05, 0) is 49.2 Å². The number of ether oxygens (including phenoxy) is 2.